The van der Waals surface area contributed by atoms with E-state index in [1.165, 1.54) is 0 Å². The zero-order chi connectivity index (χ0) is 15.3. The maximum absolute atomic E-state index is 12.8. The molecule has 3 rings (SSSR count). The number of aromatic nitrogens is 1. The second kappa shape index (κ2) is 6.93. The van der Waals surface area contributed by atoms with Crippen LogP contribution in [-0.4, -0.2) is 29.1 Å². The van der Waals surface area contributed by atoms with Crippen molar-refractivity contribution in [2.45, 2.75) is 45.3 Å². The van der Waals surface area contributed by atoms with Crippen molar-refractivity contribution in [3.8, 4) is 0 Å². The molecule has 0 bridgehead atoms. The summed E-state index contributed by atoms with van der Waals surface area (Å²) in [4.78, 5) is 16.9. The molecule has 3 unspecified atom stereocenters. The van der Waals surface area contributed by atoms with Crippen LogP contribution in [-0.2, 0) is 9.53 Å². The Hall–Kier alpha value is -0.880. The molecule has 1 saturated heterocycles. The van der Waals surface area contributed by atoms with E-state index in [0.29, 0.717) is 0 Å². The van der Waals surface area contributed by atoms with E-state index in [-0.39, 0.29) is 48.2 Å². The van der Waals surface area contributed by atoms with Crippen LogP contribution in [0.1, 0.15) is 32.3 Å². The molecule has 0 radical (unpaired) electrons. The number of fused-ring (bicyclic) bond motifs is 1. The number of nitrogens with one attached hydrogen (secondary N) is 1. The lowest BCUT2D eigenvalue weighted by atomic mass is 9.46. The molecular weight excluding hydrogens is 337 g/mol. The summed E-state index contributed by atoms with van der Waals surface area (Å²) in [6.07, 6.45) is 5.41. The predicted molar refractivity (Wildman–Crippen MR) is 95.3 cm³/mol. The van der Waals surface area contributed by atoms with Gasteiger partial charge in [0.1, 0.15) is 5.54 Å². The number of carbonyl (C=O) groups excluding carboxylic acids is 1. The van der Waals surface area contributed by atoms with Gasteiger partial charge in [-0.2, -0.15) is 0 Å². The second-order valence-electron chi connectivity index (χ2n) is 6.78. The summed E-state index contributed by atoms with van der Waals surface area (Å²) in [5, 5.41) is 2.98. The average molecular weight is 362 g/mol. The fourth-order valence-corrected chi connectivity index (χ4v) is 3.88. The van der Waals surface area contributed by atoms with Gasteiger partial charge in [0, 0.05) is 36.0 Å². The lowest BCUT2D eigenvalue weighted by Crippen LogP contribution is -2.81. The first-order valence-electron chi connectivity index (χ1n) is 7.51. The number of aryl methyl sites for hydroxylation is 1. The lowest BCUT2D eigenvalue weighted by Gasteiger charge is -2.65. The molecule has 130 valence electrons. The van der Waals surface area contributed by atoms with Crippen LogP contribution < -0.4 is 11.1 Å². The Balaban J connectivity index is 0.00000132. The van der Waals surface area contributed by atoms with E-state index in [1.54, 1.807) is 18.5 Å². The minimum atomic E-state index is -0.881. The van der Waals surface area contributed by atoms with Crippen LogP contribution in [0.15, 0.2) is 18.5 Å². The maximum atomic E-state index is 12.8. The fraction of sp³-hybridized carbons (Fsp3) is 0.625. The SMILES string of the molecule is Cc1cnccc1NC(=O)C1(N)C2CCCOC2C1(C)C.Cl.Cl. The molecule has 1 aliphatic heterocycles. The number of rotatable bonds is 2. The monoisotopic (exact) mass is 361 g/mol. The van der Waals surface area contributed by atoms with Gasteiger partial charge in [0.15, 0.2) is 0 Å². The molecule has 1 aromatic rings. The highest BCUT2D eigenvalue weighted by molar-refractivity contribution is 6.00. The van der Waals surface area contributed by atoms with Gasteiger partial charge in [-0.25, -0.2) is 0 Å². The number of nitrogens with zero attached hydrogens (tertiary/aromatic N) is 1. The van der Waals surface area contributed by atoms with Crippen LogP contribution in [0.3, 0.4) is 0 Å². The van der Waals surface area contributed by atoms with Gasteiger partial charge in [-0.15, -0.1) is 24.8 Å². The molecule has 2 aliphatic rings. The maximum Gasteiger partial charge on any atom is 0.245 e. The van der Waals surface area contributed by atoms with Crippen LogP contribution in [0.25, 0.3) is 0 Å². The third kappa shape index (κ3) is 2.84. The van der Waals surface area contributed by atoms with Gasteiger partial charge < -0.3 is 15.8 Å². The van der Waals surface area contributed by atoms with Crippen LogP contribution in [0.5, 0.6) is 0 Å². The molecule has 0 aromatic carbocycles. The number of nitrogens with two attached hydrogens (primary N) is 1. The molecule has 1 aromatic heterocycles. The molecule has 1 saturated carbocycles. The third-order valence-corrected chi connectivity index (χ3v) is 5.33. The van der Waals surface area contributed by atoms with E-state index >= 15 is 0 Å². The zero-order valence-electron chi connectivity index (χ0n) is 13.7. The minimum absolute atomic E-state index is 0. The predicted octanol–water partition coefficient (Wildman–Crippen LogP) is 2.70. The Morgan fingerprint density at radius 1 is 1.43 bits per heavy atom. The Bertz CT molecular complexity index is 582. The Morgan fingerprint density at radius 2 is 2.13 bits per heavy atom. The number of pyridine rings is 1. The van der Waals surface area contributed by atoms with Gasteiger partial charge in [0.05, 0.1) is 6.10 Å². The first kappa shape index (κ1) is 20.2. The highest BCUT2D eigenvalue weighted by Crippen LogP contribution is 2.57. The summed E-state index contributed by atoms with van der Waals surface area (Å²) < 4.78 is 5.84. The van der Waals surface area contributed by atoms with Crippen LogP contribution in [0.2, 0.25) is 0 Å². The number of anilines is 1. The van der Waals surface area contributed by atoms with Gasteiger partial charge >= 0.3 is 0 Å². The number of halogens is 2. The summed E-state index contributed by atoms with van der Waals surface area (Å²) in [6, 6.07) is 1.80. The normalized spacial score (nSPS) is 30.8. The van der Waals surface area contributed by atoms with E-state index in [1.807, 2.05) is 20.8 Å². The van der Waals surface area contributed by atoms with Crippen molar-refractivity contribution in [2.75, 3.05) is 11.9 Å². The van der Waals surface area contributed by atoms with Gasteiger partial charge in [0.2, 0.25) is 5.91 Å². The van der Waals surface area contributed by atoms with Crippen molar-refractivity contribution in [3.63, 3.8) is 0 Å². The third-order valence-electron chi connectivity index (χ3n) is 5.33. The van der Waals surface area contributed by atoms with Gasteiger partial charge in [0.25, 0.3) is 0 Å². The molecular formula is C16H25Cl2N3O2. The number of hydrogen-bond donors (Lipinski definition) is 2. The van der Waals surface area contributed by atoms with Gasteiger partial charge in [-0.3, -0.25) is 9.78 Å². The summed E-state index contributed by atoms with van der Waals surface area (Å²) >= 11 is 0. The molecule has 0 spiro atoms. The lowest BCUT2D eigenvalue weighted by molar-refractivity contribution is -0.222. The topological polar surface area (TPSA) is 77.2 Å². The highest BCUT2D eigenvalue weighted by atomic mass is 35.5. The van der Waals surface area contributed by atoms with Gasteiger partial charge in [-0.05, 0) is 31.4 Å². The van der Waals surface area contributed by atoms with E-state index in [2.05, 4.69) is 10.3 Å². The smallest absolute Gasteiger partial charge is 0.245 e. The molecule has 1 aliphatic carbocycles. The molecule has 2 heterocycles. The molecule has 2 fully saturated rings. The minimum Gasteiger partial charge on any atom is -0.377 e. The summed E-state index contributed by atoms with van der Waals surface area (Å²) in [6.45, 7) is 6.74. The van der Waals surface area contributed by atoms with Gasteiger partial charge in [-0.1, -0.05) is 13.8 Å². The number of ether oxygens (including phenoxy) is 1. The molecule has 1 amide bonds. The first-order chi connectivity index (χ1) is 9.89. The summed E-state index contributed by atoms with van der Waals surface area (Å²) in [5.41, 5.74) is 7.04. The number of carbonyl (C=O) groups is 1. The quantitative estimate of drug-likeness (QED) is 0.848. The summed E-state index contributed by atoms with van der Waals surface area (Å²) in [7, 11) is 0. The Labute approximate surface area is 149 Å². The van der Waals surface area contributed by atoms with Crippen LogP contribution in [0, 0.1) is 18.3 Å². The van der Waals surface area contributed by atoms with Crippen molar-refractivity contribution in [1.82, 2.24) is 4.98 Å². The van der Waals surface area contributed by atoms with Crippen molar-refractivity contribution < 1.29 is 9.53 Å². The van der Waals surface area contributed by atoms with Crippen LogP contribution in [0.4, 0.5) is 5.69 Å². The van der Waals surface area contributed by atoms with Crippen molar-refractivity contribution in [1.29, 1.82) is 0 Å². The highest BCUT2D eigenvalue weighted by Gasteiger charge is 2.70. The Kier molecular flexibility index (Phi) is 6.08. The van der Waals surface area contributed by atoms with E-state index in [9.17, 15) is 4.79 Å². The standard InChI is InChI=1S/C16H23N3O2.2ClH/c1-10-9-18-7-6-12(10)19-14(20)16(17)11-5-4-8-21-13(11)15(16,2)3;;/h6-7,9,11,13H,4-5,8,17H2,1-3H3,(H,18,19,20);2*1H. The van der Waals surface area contributed by atoms with E-state index < -0.39 is 5.54 Å². The largest absolute Gasteiger partial charge is 0.377 e. The van der Waals surface area contributed by atoms with Crippen molar-refractivity contribution in [3.05, 3.63) is 24.0 Å². The molecule has 3 N–H and O–H groups in total. The fourth-order valence-electron chi connectivity index (χ4n) is 3.88. The zero-order valence-corrected chi connectivity index (χ0v) is 15.3. The molecule has 7 heteroatoms. The van der Waals surface area contributed by atoms with Crippen LogP contribution >= 0.6 is 24.8 Å². The van der Waals surface area contributed by atoms with E-state index in [4.69, 9.17) is 10.5 Å². The van der Waals surface area contributed by atoms with Crippen molar-refractivity contribution >= 4 is 36.4 Å². The molecule has 3 atom stereocenters. The van der Waals surface area contributed by atoms with E-state index in [0.717, 1.165) is 30.7 Å². The Morgan fingerprint density at radius 3 is 2.78 bits per heavy atom. The van der Waals surface area contributed by atoms with Crippen molar-refractivity contribution in [2.24, 2.45) is 17.1 Å². The first-order valence-corrected chi connectivity index (χ1v) is 7.51. The summed E-state index contributed by atoms with van der Waals surface area (Å²) in [5.74, 6) is -0.0167. The second-order valence-corrected chi connectivity index (χ2v) is 6.78. The number of amides is 1. The molecule has 5 nitrogen and oxygen atoms in total. The average Bonchev–Trinajstić information content (AvgIpc) is 2.48. The molecule has 23 heavy (non-hydrogen) atoms. The number of hydrogen-bond acceptors (Lipinski definition) is 4.